The maximum Gasteiger partial charge on any atom is 0.340 e. The number of aromatic amines is 2. The first-order valence-corrected chi connectivity index (χ1v) is 7.01. The molecule has 21 heavy (non-hydrogen) atoms. The zero-order chi connectivity index (χ0) is 14.8. The fourth-order valence-corrected chi connectivity index (χ4v) is 2.69. The number of rotatable bonds is 2. The van der Waals surface area contributed by atoms with Crippen LogP contribution in [0.4, 0.5) is 5.82 Å². The van der Waals surface area contributed by atoms with Crippen molar-refractivity contribution in [1.82, 2.24) is 20.2 Å². The third kappa shape index (κ3) is 2.76. The fraction of sp³-hybridized carbons (Fsp3) is 0.385. The van der Waals surface area contributed by atoms with Gasteiger partial charge >= 0.3 is 5.69 Å². The molecule has 3 rings (SSSR count). The number of piperidine rings is 1. The van der Waals surface area contributed by atoms with Crippen LogP contribution in [0, 0.1) is 11.3 Å². The lowest BCUT2D eigenvalue weighted by Crippen LogP contribution is -2.34. The molecule has 0 bridgehead atoms. The highest BCUT2D eigenvalue weighted by molar-refractivity contribution is 6.31. The topological polar surface area (TPSA) is 101 Å². The largest absolute Gasteiger partial charge is 0.357 e. The summed E-state index contributed by atoms with van der Waals surface area (Å²) in [6.07, 6.45) is 1.74. The van der Waals surface area contributed by atoms with Crippen molar-refractivity contribution in [3.05, 3.63) is 39.2 Å². The van der Waals surface area contributed by atoms with E-state index in [9.17, 15) is 4.79 Å². The van der Waals surface area contributed by atoms with Crippen LogP contribution in [0.2, 0.25) is 5.02 Å². The van der Waals surface area contributed by atoms with Crippen LogP contribution in [0.3, 0.4) is 0 Å². The molecule has 1 fully saturated rings. The smallest absolute Gasteiger partial charge is 0.340 e. The zero-order valence-corrected chi connectivity index (χ0v) is 11.9. The maximum absolute atomic E-state index is 11.1. The van der Waals surface area contributed by atoms with Crippen molar-refractivity contribution in [3.63, 3.8) is 0 Å². The lowest BCUT2D eigenvalue weighted by molar-refractivity contribution is 0.484. The fourth-order valence-electron chi connectivity index (χ4n) is 2.54. The summed E-state index contributed by atoms with van der Waals surface area (Å²) in [7, 11) is 0. The van der Waals surface area contributed by atoms with Crippen molar-refractivity contribution in [2.45, 2.75) is 18.8 Å². The average Bonchev–Trinajstić information content (AvgIpc) is 2.94. The second-order valence-electron chi connectivity index (χ2n) is 4.94. The Morgan fingerprint density at radius 2 is 2.14 bits per heavy atom. The highest BCUT2D eigenvalue weighted by atomic mass is 35.5. The van der Waals surface area contributed by atoms with E-state index in [0.717, 1.165) is 31.7 Å². The average molecular weight is 305 g/mol. The monoisotopic (exact) mass is 304 g/mol. The molecule has 0 amide bonds. The lowest BCUT2D eigenvalue weighted by Gasteiger charge is -2.31. The third-order valence-electron chi connectivity index (χ3n) is 3.66. The molecule has 1 aliphatic rings. The minimum atomic E-state index is -0.273. The number of nitriles is 1. The molecule has 1 saturated heterocycles. The Balaban J connectivity index is 1.71. The molecule has 2 aromatic heterocycles. The van der Waals surface area contributed by atoms with Gasteiger partial charge in [0.1, 0.15) is 17.7 Å². The molecule has 0 spiro atoms. The van der Waals surface area contributed by atoms with Crippen LogP contribution in [0.25, 0.3) is 0 Å². The summed E-state index contributed by atoms with van der Waals surface area (Å²) >= 11 is 5.89. The number of nitrogens with zero attached hydrogens (tertiary/aromatic N) is 4. The number of hydrogen-bond acceptors (Lipinski definition) is 5. The van der Waals surface area contributed by atoms with Gasteiger partial charge in [0, 0.05) is 19.0 Å². The first kappa shape index (κ1) is 13.6. The molecule has 108 valence electrons. The van der Waals surface area contributed by atoms with Crippen LogP contribution in [-0.2, 0) is 0 Å². The van der Waals surface area contributed by atoms with E-state index in [-0.39, 0.29) is 17.3 Å². The molecular weight excluding hydrogens is 292 g/mol. The van der Waals surface area contributed by atoms with E-state index < -0.39 is 0 Å². The Morgan fingerprint density at radius 1 is 1.38 bits per heavy atom. The first-order valence-electron chi connectivity index (χ1n) is 6.63. The summed E-state index contributed by atoms with van der Waals surface area (Å²) in [4.78, 5) is 20.2. The minimum Gasteiger partial charge on any atom is -0.357 e. The van der Waals surface area contributed by atoms with Crippen molar-refractivity contribution < 1.29 is 0 Å². The van der Waals surface area contributed by atoms with E-state index in [4.69, 9.17) is 16.9 Å². The summed E-state index contributed by atoms with van der Waals surface area (Å²) in [5.74, 6) is 1.70. The summed E-state index contributed by atoms with van der Waals surface area (Å²) in [5, 5.41) is 15.7. The standard InChI is InChI=1S/C13H13ClN6O/c14-9-1-2-11(16-10(9)7-15)20-5-3-8(4-6-20)12-17-13(21)19-18-12/h1-2,8H,3-6H2,(H2,17,18,19,21). The van der Waals surface area contributed by atoms with E-state index in [2.05, 4.69) is 25.1 Å². The van der Waals surface area contributed by atoms with Gasteiger partial charge in [-0.05, 0) is 25.0 Å². The van der Waals surface area contributed by atoms with Gasteiger partial charge in [0.2, 0.25) is 0 Å². The van der Waals surface area contributed by atoms with E-state index in [1.54, 1.807) is 6.07 Å². The van der Waals surface area contributed by atoms with Crippen LogP contribution in [-0.4, -0.2) is 33.3 Å². The second-order valence-corrected chi connectivity index (χ2v) is 5.34. The predicted octanol–water partition coefficient (Wildman–Crippen LogP) is 1.40. The van der Waals surface area contributed by atoms with Gasteiger partial charge in [0.25, 0.3) is 0 Å². The first-order chi connectivity index (χ1) is 10.2. The van der Waals surface area contributed by atoms with E-state index >= 15 is 0 Å². The Morgan fingerprint density at radius 3 is 2.76 bits per heavy atom. The summed E-state index contributed by atoms with van der Waals surface area (Å²) in [6, 6.07) is 5.50. The van der Waals surface area contributed by atoms with Gasteiger partial charge in [0.05, 0.1) is 5.02 Å². The highest BCUT2D eigenvalue weighted by Crippen LogP contribution is 2.28. The lowest BCUT2D eigenvalue weighted by atomic mass is 9.96. The molecule has 0 radical (unpaired) electrons. The van der Waals surface area contributed by atoms with E-state index in [1.807, 2.05) is 12.1 Å². The summed E-state index contributed by atoms with van der Waals surface area (Å²) in [6.45, 7) is 1.58. The number of hydrogen-bond donors (Lipinski definition) is 2. The zero-order valence-electron chi connectivity index (χ0n) is 11.1. The molecule has 0 aromatic carbocycles. The van der Waals surface area contributed by atoms with Crippen LogP contribution in [0.15, 0.2) is 16.9 Å². The van der Waals surface area contributed by atoms with Crippen LogP contribution < -0.4 is 10.6 Å². The van der Waals surface area contributed by atoms with Crippen LogP contribution in [0.1, 0.15) is 30.3 Å². The molecule has 7 nitrogen and oxygen atoms in total. The van der Waals surface area contributed by atoms with Crippen molar-refractivity contribution in [1.29, 1.82) is 5.26 Å². The van der Waals surface area contributed by atoms with Crippen molar-refractivity contribution >= 4 is 17.4 Å². The third-order valence-corrected chi connectivity index (χ3v) is 3.97. The molecule has 2 aromatic rings. The van der Waals surface area contributed by atoms with Gasteiger partial charge in [-0.3, -0.25) is 4.98 Å². The molecule has 0 atom stereocenters. The van der Waals surface area contributed by atoms with E-state index in [0.29, 0.717) is 10.8 Å². The number of nitrogens with one attached hydrogen (secondary N) is 2. The van der Waals surface area contributed by atoms with Gasteiger partial charge in [-0.15, -0.1) is 0 Å². The highest BCUT2D eigenvalue weighted by Gasteiger charge is 2.24. The molecule has 1 aliphatic heterocycles. The molecule has 3 heterocycles. The normalized spacial score (nSPS) is 15.9. The molecule has 2 N–H and O–H groups in total. The molecule has 8 heteroatoms. The minimum absolute atomic E-state index is 0.239. The van der Waals surface area contributed by atoms with Gasteiger partial charge in [0.15, 0.2) is 5.69 Å². The molecular formula is C13H13ClN6O. The maximum atomic E-state index is 11.1. The van der Waals surface area contributed by atoms with Crippen molar-refractivity contribution in [2.75, 3.05) is 18.0 Å². The van der Waals surface area contributed by atoms with Gasteiger partial charge in [-0.1, -0.05) is 11.6 Å². The Kier molecular flexibility index (Phi) is 3.62. The second kappa shape index (κ2) is 5.58. The van der Waals surface area contributed by atoms with Crippen molar-refractivity contribution in [2.24, 2.45) is 0 Å². The van der Waals surface area contributed by atoms with Gasteiger partial charge in [-0.2, -0.15) is 10.4 Å². The summed E-state index contributed by atoms with van der Waals surface area (Å²) in [5.41, 5.74) is -0.0293. The SMILES string of the molecule is N#Cc1nc(N2CCC(c3n[nH]c(=O)[nH]3)CC2)ccc1Cl. The Bertz CT molecular complexity index is 738. The Labute approximate surface area is 125 Å². The molecule has 0 saturated carbocycles. The van der Waals surface area contributed by atoms with E-state index in [1.165, 1.54) is 0 Å². The van der Waals surface area contributed by atoms with Crippen LogP contribution >= 0.6 is 11.6 Å². The summed E-state index contributed by atoms with van der Waals surface area (Å²) < 4.78 is 0. The van der Waals surface area contributed by atoms with Crippen LogP contribution in [0.5, 0.6) is 0 Å². The predicted molar refractivity (Wildman–Crippen MR) is 77.4 cm³/mol. The van der Waals surface area contributed by atoms with Gasteiger partial charge < -0.3 is 4.90 Å². The molecule has 0 aliphatic carbocycles. The number of halogens is 1. The van der Waals surface area contributed by atoms with Crippen molar-refractivity contribution in [3.8, 4) is 6.07 Å². The number of pyridine rings is 1. The number of aromatic nitrogens is 4. The van der Waals surface area contributed by atoms with Gasteiger partial charge in [-0.25, -0.2) is 14.9 Å². The number of anilines is 1. The number of H-pyrrole nitrogens is 2. The Hall–Kier alpha value is -2.33. The molecule has 0 unspecified atom stereocenters. The quantitative estimate of drug-likeness (QED) is 0.873.